The van der Waals surface area contributed by atoms with Crippen LogP contribution in [0.1, 0.15) is 38.3 Å². The van der Waals surface area contributed by atoms with Crippen LogP contribution in [0.5, 0.6) is 0 Å². The number of aliphatic hydroxyl groups excluding tert-OH is 1. The molecule has 0 aliphatic carbocycles. The molecule has 4 heteroatoms. The van der Waals surface area contributed by atoms with Crippen LogP contribution in [0.15, 0.2) is 28.7 Å². The standard InChI is InChI=1S/C13H20BrNO.ClH/c1-9(2)7-8-12(16)13(15)10-5-3-4-6-11(10)14;/h3-6,9,12-13,16H,7-8,15H2,1-2H3;1H/t12-,13+;/m0./s1. The maximum absolute atomic E-state index is 10.00. The lowest BCUT2D eigenvalue weighted by molar-refractivity contribution is 0.128. The van der Waals surface area contributed by atoms with Gasteiger partial charge in [0.05, 0.1) is 12.1 Å². The molecule has 0 fully saturated rings. The molecule has 1 aromatic rings. The van der Waals surface area contributed by atoms with Crippen molar-refractivity contribution in [2.24, 2.45) is 11.7 Å². The topological polar surface area (TPSA) is 46.2 Å². The molecule has 0 heterocycles. The predicted octanol–water partition coefficient (Wildman–Crippen LogP) is 3.67. The molecule has 0 radical (unpaired) electrons. The fourth-order valence-electron chi connectivity index (χ4n) is 1.64. The molecule has 3 N–H and O–H groups in total. The first kappa shape index (κ1) is 16.9. The molecule has 0 unspecified atom stereocenters. The Hall–Kier alpha value is -0.0900. The van der Waals surface area contributed by atoms with E-state index in [1.54, 1.807) is 0 Å². The van der Waals surface area contributed by atoms with E-state index < -0.39 is 6.10 Å². The Morgan fingerprint density at radius 3 is 2.35 bits per heavy atom. The summed E-state index contributed by atoms with van der Waals surface area (Å²) in [6.07, 6.45) is 1.28. The van der Waals surface area contributed by atoms with Gasteiger partial charge in [-0.1, -0.05) is 48.0 Å². The van der Waals surface area contributed by atoms with Crippen LogP contribution >= 0.6 is 28.3 Å². The number of hydrogen-bond donors (Lipinski definition) is 2. The maximum atomic E-state index is 10.00. The average Bonchev–Trinajstić information content (AvgIpc) is 2.25. The van der Waals surface area contributed by atoms with Crippen LogP contribution in [0.4, 0.5) is 0 Å². The van der Waals surface area contributed by atoms with Crippen molar-refractivity contribution < 1.29 is 5.11 Å². The Morgan fingerprint density at radius 1 is 1.24 bits per heavy atom. The summed E-state index contributed by atoms with van der Waals surface area (Å²) in [5, 5.41) is 10.00. The molecule has 17 heavy (non-hydrogen) atoms. The van der Waals surface area contributed by atoms with Crippen molar-refractivity contribution in [1.29, 1.82) is 0 Å². The van der Waals surface area contributed by atoms with Gasteiger partial charge in [-0.3, -0.25) is 0 Å². The van der Waals surface area contributed by atoms with Crippen molar-refractivity contribution in [3.8, 4) is 0 Å². The van der Waals surface area contributed by atoms with Gasteiger partial charge in [0.1, 0.15) is 0 Å². The van der Waals surface area contributed by atoms with Crippen LogP contribution in [0.25, 0.3) is 0 Å². The molecule has 0 spiro atoms. The van der Waals surface area contributed by atoms with Gasteiger partial charge in [-0.15, -0.1) is 12.4 Å². The third-order valence-corrected chi connectivity index (χ3v) is 3.44. The van der Waals surface area contributed by atoms with E-state index >= 15 is 0 Å². The Morgan fingerprint density at radius 2 is 1.82 bits per heavy atom. The minimum atomic E-state index is -0.471. The maximum Gasteiger partial charge on any atom is 0.0733 e. The number of nitrogens with two attached hydrogens (primary N) is 1. The zero-order valence-corrected chi connectivity index (χ0v) is 12.7. The zero-order chi connectivity index (χ0) is 12.1. The summed E-state index contributed by atoms with van der Waals surface area (Å²) >= 11 is 3.45. The van der Waals surface area contributed by atoms with Gasteiger partial charge < -0.3 is 10.8 Å². The minimum absolute atomic E-state index is 0. The van der Waals surface area contributed by atoms with Crippen molar-refractivity contribution in [3.05, 3.63) is 34.3 Å². The number of halogens is 2. The smallest absolute Gasteiger partial charge is 0.0733 e. The summed E-state index contributed by atoms with van der Waals surface area (Å²) < 4.78 is 0.964. The van der Waals surface area contributed by atoms with E-state index in [-0.39, 0.29) is 18.4 Å². The predicted molar refractivity (Wildman–Crippen MR) is 78.4 cm³/mol. The minimum Gasteiger partial charge on any atom is -0.391 e. The van der Waals surface area contributed by atoms with E-state index in [0.29, 0.717) is 5.92 Å². The van der Waals surface area contributed by atoms with Crippen molar-refractivity contribution in [2.45, 2.75) is 38.8 Å². The van der Waals surface area contributed by atoms with Gasteiger partial charge in [-0.25, -0.2) is 0 Å². The summed E-state index contributed by atoms with van der Waals surface area (Å²) in [6.45, 7) is 4.30. The van der Waals surface area contributed by atoms with Gasteiger partial charge in [-0.2, -0.15) is 0 Å². The van der Waals surface area contributed by atoms with E-state index in [1.807, 2.05) is 24.3 Å². The Kier molecular flexibility index (Phi) is 8.05. The molecule has 0 aliphatic rings. The lowest BCUT2D eigenvalue weighted by Gasteiger charge is -2.21. The molecule has 2 nitrogen and oxygen atoms in total. The molecule has 0 amide bonds. The Labute approximate surface area is 118 Å². The van der Waals surface area contributed by atoms with Crippen molar-refractivity contribution in [2.75, 3.05) is 0 Å². The lowest BCUT2D eigenvalue weighted by Crippen LogP contribution is -2.26. The monoisotopic (exact) mass is 321 g/mol. The molecular weight excluding hydrogens is 302 g/mol. The molecule has 0 saturated carbocycles. The third-order valence-electron chi connectivity index (χ3n) is 2.72. The summed E-state index contributed by atoms with van der Waals surface area (Å²) in [7, 11) is 0. The van der Waals surface area contributed by atoms with Gasteiger partial charge in [0.15, 0.2) is 0 Å². The quantitative estimate of drug-likeness (QED) is 0.869. The second-order valence-corrected chi connectivity index (χ2v) is 5.44. The van der Waals surface area contributed by atoms with Gasteiger partial charge in [0.25, 0.3) is 0 Å². The lowest BCUT2D eigenvalue weighted by atomic mass is 9.96. The van der Waals surface area contributed by atoms with E-state index in [9.17, 15) is 5.11 Å². The highest BCUT2D eigenvalue weighted by atomic mass is 79.9. The molecule has 2 atom stereocenters. The molecule has 1 rings (SSSR count). The van der Waals surface area contributed by atoms with E-state index in [0.717, 1.165) is 22.9 Å². The fourth-order valence-corrected chi connectivity index (χ4v) is 2.19. The van der Waals surface area contributed by atoms with Crippen LogP contribution in [0.2, 0.25) is 0 Å². The second-order valence-electron chi connectivity index (χ2n) is 4.59. The van der Waals surface area contributed by atoms with Gasteiger partial charge in [0.2, 0.25) is 0 Å². The number of hydrogen-bond acceptors (Lipinski definition) is 2. The van der Waals surface area contributed by atoms with Gasteiger partial charge in [0, 0.05) is 4.47 Å². The van der Waals surface area contributed by atoms with Crippen LogP contribution in [0.3, 0.4) is 0 Å². The number of benzene rings is 1. The summed E-state index contributed by atoms with van der Waals surface area (Å²) in [4.78, 5) is 0. The van der Waals surface area contributed by atoms with E-state index in [1.165, 1.54) is 0 Å². The largest absolute Gasteiger partial charge is 0.391 e. The highest BCUT2D eigenvalue weighted by Crippen LogP contribution is 2.25. The Balaban J connectivity index is 0.00000256. The van der Waals surface area contributed by atoms with Crippen LogP contribution in [-0.4, -0.2) is 11.2 Å². The summed E-state index contributed by atoms with van der Waals surface area (Å²) in [5.41, 5.74) is 7.02. The number of rotatable bonds is 5. The van der Waals surface area contributed by atoms with E-state index in [4.69, 9.17) is 5.73 Å². The Bertz CT molecular complexity index is 333. The van der Waals surface area contributed by atoms with Crippen LogP contribution in [-0.2, 0) is 0 Å². The average molecular weight is 323 g/mol. The zero-order valence-electron chi connectivity index (χ0n) is 10.3. The van der Waals surface area contributed by atoms with Crippen LogP contribution in [0, 0.1) is 5.92 Å². The fraction of sp³-hybridized carbons (Fsp3) is 0.538. The number of aliphatic hydroxyl groups is 1. The van der Waals surface area contributed by atoms with Crippen molar-refractivity contribution in [3.63, 3.8) is 0 Å². The highest BCUT2D eigenvalue weighted by Gasteiger charge is 2.18. The van der Waals surface area contributed by atoms with Gasteiger partial charge in [-0.05, 0) is 30.4 Å². The summed E-state index contributed by atoms with van der Waals surface area (Å²) in [6, 6.07) is 7.47. The molecule has 1 aromatic carbocycles. The van der Waals surface area contributed by atoms with E-state index in [2.05, 4.69) is 29.8 Å². The molecule has 0 bridgehead atoms. The first-order chi connectivity index (χ1) is 7.52. The van der Waals surface area contributed by atoms with Gasteiger partial charge >= 0.3 is 0 Å². The summed E-state index contributed by atoms with van der Waals surface area (Å²) in [5.74, 6) is 0.598. The van der Waals surface area contributed by atoms with Crippen molar-refractivity contribution in [1.82, 2.24) is 0 Å². The second kappa shape index (κ2) is 8.09. The molecular formula is C13H21BrClNO. The van der Waals surface area contributed by atoms with Crippen LogP contribution < -0.4 is 5.73 Å². The van der Waals surface area contributed by atoms with Crippen molar-refractivity contribution >= 4 is 28.3 Å². The first-order valence-electron chi connectivity index (χ1n) is 5.70. The SMILES string of the molecule is CC(C)CC[C@H](O)[C@H](N)c1ccccc1Br.Cl. The first-order valence-corrected chi connectivity index (χ1v) is 6.49. The highest BCUT2D eigenvalue weighted by molar-refractivity contribution is 9.10. The normalized spacial score (nSPS) is 14.2. The third kappa shape index (κ3) is 5.38. The molecule has 0 aromatic heterocycles. The molecule has 98 valence electrons. The molecule has 0 saturated heterocycles. The molecule has 0 aliphatic heterocycles.